The Hall–Kier alpha value is -1.40. The summed E-state index contributed by atoms with van der Waals surface area (Å²) in [7, 11) is 1.84. The molecule has 2 aromatic rings. The SMILES string of the molecule is Cc1cn2c(CN(C)C(=O)[C@@H]3CC[C@H](C)O3)c(C)nc2s1. The number of aromatic nitrogens is 2. The van der Waals surface area contributed by atoms with E-state index in [4.69, 9.17) is 4.74 Å². The molecule has 21 heavy (non-hydrogen) atoms. The van der Waals surface area contributed by atoms with Gasteiger partial charge in [-0.05, 0) is 33.6 Å². The first-order valence-electron chi connectivity index (χ1n) is 7.30. The summed E-state index contributed by atoms with van der Waals surface area (Å²) < 4.78 is 7.77. The summed E-state index contributed by atoms with van der Waals surface area (Å²) in [5, 5.41) is 0. The third-order valence-corrected chi connectivity index (χ3v) is 4.91. The minimum atomic E-state index is -0.280. The standard InChI is InChI=1S/C15H21N3O2S/c1-9-5-6-13(20-9)14(19)17(4)8-12-11(3)16-15-18(12)7-10(2)21-15/h7,9,13H,5-6,8H2,1-4H3/t9-,13-/m0/s1. The van der Waals surface area contributed by atoms with Crippen molar-refractivity contribution in [2.45, 2.75) is 52.4 Å². The zero-order chi connectivity index (χ0) is 15.1. The number of hydrogen-bond acceptors (Lipinski definition) is 4. The maximum absolute atomic E-state index is 12.4. The fourth-order valence-electron chi connectivity index (χ4n) is 2.83. The fourth-order valence-corrected chi connectivity index (χ4v) is 3.72. The number of fused-ring (bicyclic) bond motifs is 1. The van der Waals surface area contributed by atoms with Crippen molar-refractivity contribution in [1.29, 1.82) is 0 Å². The van der Waals surface area contributed by atoms with Crippen LogP contribution in [0.5, 0.6) is 0 Å². The number of amides is 1. The second-order valence-corrected chi connectivity index (χ2v) is 7.06. The maximum Gasteiger partial charge on any atom is 0.251 e. The highest BCUT2D eigenvalue weighted by Gasteiger charge is 2.30. The van der Waals surface area contributed by atoms with Gasteiger partial charge in [-0.1, -0.05) is 0 Å². The van der Waals surface area contributed by atoms with Crippen molar-refractivity contribution in [3.63, 3.8) is 0 Å². The second-order valence-electron chi connectivity index (χ2n) is 5.85. The van der Waals surface area contributed by atoms with Gasteiger partial charge in [0.25, 0.3) is 5.91 Å². The van der Waals surface area contributed by atoms with Crippen LogP contribution in [-0.2, 0) is 16.1 Å². The number of likely N-dealkylation sites (N-methyl/N-ethyl adjacent to an activating group) is 1. The largest absolute Gasteiger partial charge is 0.365 e. The lowest BCUT2D eigenvalue weighted by atomic mass is 10.2. The molecule has 0 bridgehead atoms. The van der Waals surface area contributed by atoms with Gasteiger partial charge in [-0.2, -0.15) is 0 Å². The molecule has 6 heteroatoms. The third-order valence-electron chi connectivity index (χ3n) is 4.01. The predicted molar refractivity (Wildman–Crippen MR) is 82.6 cm³/mol. The van der Waals surface area contributed by atoms with Crippen LogP contribution < -0.4 is 0 Å². The van der Waals surface area contributed by atoms with Crippen LogP contribution in [0.15, 0.2) is 6.20 Å². The van der Waals surface area contributed by atoms with Crippen molar-refractivity contribution in [2.24, 2.45) is 0 Å². The van der Waals surface area contributed by atoms with E-state index in [1.807, 2.05) is 20.9 Å². The molecule has 1 amide bonds. The van der Waals surface area contributed by atoms with E-state index in [2.05, 4.69) is 22.5 Å². The molecule has 2 atom stereocenters. The highest BCUT2D eigenvalue weighted by molar-refractivity contribution is 7.17. The van der Waals surface area contributed by atoms with Crippen molar-refractivity contribution in [3.05, 3.63) is 22.5 Å². The summed E-state index contributed by atoms with van der Waals surface area (Å²) in [4.78, 5) is 21.0. The summed E-state index contributed by atoms with van der Waals surface area (Å²) in [6.45, 7) is 6.65. The van der Waals surface area contributed by atoms with Crippen LogP contribution in [0.2, 0.25) is 0 Å². The first-order valence-corrected chi connectivity index (χ1v) is 8.11. The van der Waals surface area contributed by atoms with Gasteiger partial charge in [-0.3, -0.25) is 9.20 Å². The van der Waals surface area contributed by atoms with Crippen molar-refractivity contribution in [1.82, 2.24) is 14.3 Å². The minimum absolute atomic E-state index is 0.0700. The van der Waals surface area contributed by atoms with Gasteiger partial charge in [0.05, 0.1) is 24.0 Å². The molecule has 114 valence electrons. The van der Waals surface area contributed by atoms with E-state index in [9.17, 15) is 4.79 Å². The second kappa shape index (κ2) is 5.42. The van der Waals surface area contributed by atoms with Crippen LogP contribution in [-0.4, -0.2) is 39.4 Å². The number of hydrogen-bond donors (Lipinski definition) is 0. The number of carbonyl (C=O) groups is 1. The lowest BCUT2D eigenvalue weighted by Gasteiger charge is -2.21. The Morgan fingerprint density at radius 3 is 2.95 bits per heavy atom. The predicted octanol–water partition coefficient (Wildman–Crippen LogP) is 2.54. The van der Waals surface area contributed by atoms with E-state index >= 15 is 0 Å². The van der Waals surface area contributed by atoms with Gasteiger partial charge in [0.15, 0.2) is 4.96 Å². The molecule has 1 fully saturated rings. The van der Waals surface area contributed by atoms with E-state index in [0.29, 0.717) is 6.54 Å². The summed E-state index contributed by atoms with van der Waals surface area (Å²) in [5.74, 6) is 0.0700. The van der Waals surface area contributed by atoms with Crippen molar-refractivity contribution in [3.8, 4) is 0 Å². The Morgan fingerprint density at radius 1 is 1.52 bits per heavy atom. The fraction of sp³-hybridized carbons (Fsp3) is 0.600. The Labute approximate surface area is 128 Å². The van der Waals surface area contributed by atoms with Gasteiger partial charge >= 0.3 is 0 Å². The Bertz CT molecular complexity index is 676. The van der Waals surface area contributed by atoms with Gasteiger partial charge in [0, 0.05) is 18.1 Å². The van der Waals surface area contributed by atoms with Crippen LogP contribution in [0.1, 0.15) is 36.0 Å². The first-order chi connectivity index (χ1) is 9.95. The number of nitrogens with zero attached hydrogens (tertiary/aromatic N) is 3. The van der Waals surface area contributed by atoms with E-state index in [1.165, 1.54) is 4.88 Å². The van der Waals surface area contributed by atoms with Gasteiger partial charge in [-0.15, -0.1) is 11.3 Å². The molecule has 2 aromatic heterocycles. The molecule has 5 nitrogen and oxygen atoms in total. The summed E-state index contributed by atoms with van der Waals surface area (Å²) in [5.41, 5.74) is 2.07. The molecule has 0 aliphatic carbocycles. The Morgan fingerprint density at radius 2 is 2.29 bits per heavy atom. The highest BCUT2D eigenvalue weighted by Crippen LogP contribution is 2.24. The molecule has 0 saturated carbocycles. The Kier molecular flexibility index (Phi) is 3.75. The average molecular weight is 307 g/mol. The van der Waals surface area contributed by atoms with Crippen molar-refractivity contribution < 1.29 is 9.53 Å². The van der Waals surface area contributed by atoms with Crippen molar-refractivity contribution in [2.75, 3.05) is 7.05 Å². The molecular formula is C15H21N3O2S. The zero-order valence-electron chi connectivity index (χ0n) is 12.9. The number of ether oxygens (including phenoxy) is 1. The van der Waals surface area contributed by atoms with Crippen LogP contribution in [0.25, 0.3) is 4.96 Å². The summed E-state index contributed by atoms with van der Waals surface area (Å²) in [6, 6.07) is 0. The maximum atomic E-state index is 12.4. The van der Waals surface area contributed by atoms with Crippen LogP contribution in [0, 0.1) is 13.8 Å². The van der Waals surface area contributed by atoms with E-state index in [0.717, 1.165) is 29.2 Å². The normalized spacial score (nSPS) is 22.1. The molecule has 0 unspecified atom stereocenters. The zero-order valence-corrected chi connectivity index (χ0v) is 13.7. The van der Waals surface area contributed by atoms with Crippen LogP contribution in [0.3, 0.4) is 0 Å². The lowest BCUT2D eigenvalue weighted by molar-refractivity contribution is -0.141. The Balaban J connectivity index is 1.78. The first kappa shape index (κ1) is 14.5. The van der Waals surface area contributed by atoms with Gasteiger partial charge in [0.2, 0.25) is 0 Å². The number of thiazole rings is 1. The van der Waals surface area contributed by atoms with E-state index in [1.54, 1.807) is 16.2 Å². The quantitative estimate of drug-likeness (QED) is 0.875. The lowest BCUT2D eigenvalue weighted by Crippen LogP contribution is -2.36. The van der Waals surface area contributed by atoms with Crippen LogP contribution in [0.4, 0.5) is 0 Å². The number of rotatable bonds is 3. The summed E-state index contributed by atoms with van der Waals surface area (Å²) in [6.07, 6.45) is 3.78. The molecule has 0 aromatic carbocycles. The molecule has 1 aliphatic rings. The van der Waals surface area contributed by atoms with Gasteiger partial charge in [0.1, 0.15) is 6.10 Å². The topological polar surface area (TPSA) is 46.8 Å². The monoisotopic (exact) mass is 307 g/mol. The molecule has 3 rings (SSSR count). The number of imidazole rings is 1. The number of aryl methyl sites for hydroxylation is 2. The molecule has 0 spiro atoms. The number of carbonyl (C=O) groups excluding carboxylic acids is 1. The van der Waals surface area contributed by atoms with Crippen LogP contribution >= 0.6 is 11.3 Å². The average Bonchev–Trinajstić information content (AvgIpc) is 3.07. The molecule has 1 saturated heterocycles. The van der Waals surface area contributed by atoms with Crippen molar-refractivity contribution >= 4 is 22.2 Å². The molecule has 1 aliphatic heterocycles. The highest BCUT2D eigenvalue weighted by atomic mass is 32.1. The van der Waals surface area contributed by atoms with E-state index < -0.39 is 0 Å². The van der Waals surface area contributed by atoms with Gasteiger partial charge in [-0.25, -0.2) is 4.98 Å². The summed E-state index contributed by atoms with van der Waals surface area (Å²) >= 11 is 1.67. The molecule has 0 radical (unpaired) electrons. The third kappa shape index (κ3) is 2.70. The smallest absolute Gasteiger partial charge is 0.251 e. The molecular weight excluding hydrogens is 286 g/mol. The van der Waals surface area contributed by atoms with Gasteiger partial charge < -0.3 is 9.64 Å². The molecule has 0 N–H and O–H groups in total. The van der Waals surface area contributed by atoms with E-state index in [-0.39, 0.29) is 18.1 Å². The minimum Gasteiger partial charge on any atom is -0.365 e. The molecule has 3 heterocycles.